The summed E-state index contributed by atoms with van der Waals surface area (Å²) in [5.41, 5.74) is 1.58. The molecule has 2 amide bonds. The Bertz CT molecular complexity index is 749. The van der Waals surface area contributed by atoms with Crippen LogP contribution in [-0.2, 0) is 16.1 Å². The van der Waals surface area contributed by atoms with Crippen LogP contribution in [-0.4, -0.2) is 61.6 Å². The molecular formula is C32H55N3O3. The number of rotatable bonds is 22. The predicted molar refractivity (Wildman–Crippen MR) is 157 cm³/mol. The van der Waals surface area contributed by atoms with Crippen molar-refractivity contribution in [1.82, 2.24) is 15.1 Å². The number of hydrogen-bond acceptors (Lipinski definition) is 4. The summed E-state index contributed by atoms with van der Waals surface area (Å²) in [4.78, 5) is 28.4. The number of likely N-dealkylation sites (N-methyl/N-ethyl adjacent to an activating group) is 1. The lowest BCUT2D eigenvalue weighted by Crippen LogP contribution is -2.47. The fourth-order valence-corrected chi connectivity index (χ4v) is 5.22. The first-order valence-electron chi connectivity index (χ1n) is 15.5. The number of nitrogens with one attached hydrogen (secondary N) is 1. The van der Waals surface area contributed by atoms with Crippen molar-refractivity contribution >= 4 is 12.3 Å². The van der Waals surface area contributed by atoms with Crippen LogP contribution in [0.15, 0.2) is 24.3 Å². The summed E-state index contributed by atoms with van der Waals surface area (Å²) in [6, 6.07) is 7.69. The highest BCUT2D eigenvalue weighted by molar-refractivity contribution is 5.95. The number of unbranched alkanes of at least 4 members (excludes halogenated alkanes) is 14. The van der Waals surface area contributed by atoms with Gasteiger partial charge < -0.3 is 19.9 Å². The monoisotopic (exact) mass is 529 g/mol. The number of ether oxygens (including phenoxy) is 1. The maximum Gasteiger partial charge on any atom is 0.254 e. The lowest BCUT2D eigenvalue weighted by molar-refractivity contribution is -0.114. The Morgan fingerprint density at radius 3 is 1.92 bits per heavy atom. The summed E-state index contributed by atoms with van der Waals surface area (Å²) in [7, 11) is 2.09. The van der Waals surface area contributed by atoms with Gasteiger partial charge in [-0.05, 0) is 31.5 Å². The molecule has 0 aromatic heterocycles. The van der Waals surface area contributed by atoms with Gasteiger partial charge in [0.05, 0.1) is 6.61 Å². The normalized spacial score (nSPS) is 14.9. The number of piperazine rings is 1. The Labute approximate surface area is 232 Å². The van der Waals surface area contributed by atoms with Gasteiger partial charge in [-0.1, -0.05) is 115 Å². The molecule has 0 aliphatic carbocycles. The van der Waals surface area contributed by atoms with Crippen molar-refractivity contribution in [1.29, 1.82) is 0 Å². The first kappa shape index (κ1) is 32.3. The molecule has 1 heterocycles. The topological polar surface area (TPSA) is 61.9 Å². The summed E-state index contributed by atoms with van der Waals surface area (Å²) < 4.78 is 6.06. The molecule has 6 heteroatoms. The molecule has 6 nitrogen and oxygen atoms in total. The molecule has 38 heavy (non-hydrogen) atoms. The van der Waals surface area contributed by atoms with Gasteiger partial charge in [0.15, 0.2) is 0 Å². The molecule has 1 saturated heterocycles. The molecule has 0 spiro atoms. The first-order valence-corrected chi connectivity index (χ1v) is 15.5. The van der Waals surface area contributed by atoms with Crippen molar-refractivity contribution in [2.45, 2.75) is 122 Å². The Kier molecular flexibility index (Phi) is 17.8. The molecule has 0 radical (unpaired) electrons. The van der Waals surface area contributed by atoms with Crippen LogP contribution in [0.5, 0.6) is 0 Å². The Hall–Kier alpha value is -1.92. The van der Waals surface area contributed by atoms with Crippen LogP contribution >= 0.6 is 0 Å². The van der Waals surface area contributed by atoms with Crippen molar-refractivity contribution in [2.24, 2.45) is 0 Å². The van der Waals surface area contributed by atoms with Crippen molar-refractivity contribution < 1.29 is 14.3 Å². The largest absolute Gasteiger partial charge is 0.354 e. The molecular weight excluding hydrogens is 474 g/mol. The number of hydrogen-bond donors (Lipinski definition) is 1. The van der Waals surface area contributed by atoms with E-state index in [4.69, 9.17) is 4.74 Å². The van der Waals surface area contributed by atoms with Crippen LogP contribution in [0.4, 0.5) is 0 Å². The molecule has 216 valence electrons. The van der Waals surface area contributed by atoms with E-state index >= 15 is 0 Å². The summed E-state index contributed by atoms with van der Waals surface area (Å²) in [6.07, 6.45) is 21.2. The average molecular weight is 530 g/mol. The molecule has 1 unspecified atom stereocenters. The minimum Gasteiger partial charge on any atom is -0.354 e. The van der Waals surface area contributed by atoms with E-state index in [0.29, 0.717) is 12.2 Å². The number of carbonyl (C=O) groups is 2. The molecule has 1 aliphatic heterocycles. The Morgan fingerprint density at radius 1 is 0.842 bits per heavy atom. The lowest BCUT2D eigenvalue weighted by atomic mass is 10.0. The summed E-state index contributed by atoms with van der Waals surface area (Å²) >= 11 is 0. The number of carbonyl (C=O) groups excluding carboxylic acids is 2. The van der Waals surface area contributed by atoms with Gasteiger partial charge in [0, 0.05) is 31.7 Å². The van der Waals surface area contributed by atoms with Gasteiger partial charge in [-0.15, -0.1) is 0 Å². The van der Waals surface area contributed by atoms with Gasteiger partial charge in [0.2, 0.25) is 6.41 Å². The van der Waals surface area contributed by atoms with Crippen LogP contribution in [0.3, 0.4) is 0 Å². The second kappa shape index (κ2) is 21.0. The fraction of sp³-hybridized carbons (Fsp3) is 0.750. The SMILES string of the molecule is CCCCCCCCCCCCCCCCCC(NC=O)OCc1ccccc1C(=O)N1CCN(C)CC1. The van der Waals surface area contributed by atoms with Gasteiger partial charge in [-0.2, -0.15) is 0 Å². The van der Waals surface area contributed by atoms with Crippen LogP contribution in [0.1, 0.15) is 126 Å². The summed E-state index contributed by atoms with van der Waals surface area (Å²) in [6.45, 7) is 5.89. The maximum absolute atomic E-state index is 13.1. The number of amides is 2. The highest BCUT2D eigenvalue weighted by Gasteiger charge is 2.22. The highest BCUT2D eigenvalue weighted by atomic mass is 16.5. The second-order valence-corrected chi connectivity index (χ2v) is 11.1. The van der Waals surface area contributed by atoms with Gasteiger partial charge in [-0.25, -0.2) is 0 Å². The van der Waals surface area contributed by atoms with Gasteiger partial charge in [-0.3, -0.25) is 9.59 Å². The molecule has 1 aliphatic rings. The van der Waals surface area contributed by atoms with Crippen molar-refractivity contribution in [3.05, 3.63) is 35.4 Å². The number of benzene rings is 1. The van der Waals surface area contributed by atoms with E-state index in [0.717, 1.165) is 57.4 Å². The molecule has 1 atom stereocenters. The molecule has 1 N–H and O–H groups in total. The second-order valence-electron chi connectivity index (χ2n) is 11.1. The van der Waals surface area contributed by atoms with Crippen molar-refractivity contribution in [3.63, 3.8) is 0 Å². The third-order valence-electron chi connectivity index (χ3n) is 7.80. The first-order chi connectivity index (χ1) is 18.7. The molecule has 0 saturated carbocycles. The fourth-order valence-electron chi connectivity index (χ4n) is 5.22. The third-order valence-corrected chi connectivity index (χ3v) is 7.80. The van der Waals surface area contributed by atoms with Gasteiger partial charge >= 0.3 is 0 Å². The third kappa shape index (κ3) is 13.7. The number of nitrogens with zero attached hydrogens (tertiary/aromatic N) is 2. The summed E-state index contributed by atoms with van der Waals surface area (Å²) in [5.74, 6) is 0.0691. The van der Waals surface area contributed by atoms with E-state index in [-0.39, 0.29) is 12.1 Å². The maximum atomic E-state index is 13.1. The van der Waals surface area contributed by atoms with E-state index in [1.807, 2.05) is 29.2 Å². The minimum absolute atomic E-state index is 0.0691. The molecule has 0 bridgehead atoms. The van der Waals surface area contributed by atoms with Crippen LogP contribution in [0, 0.1) is 0 Å². The van der Waals surface area contributed by atoms with E-state index < -0.39 is 0 Å². The zero-order valence-corrected chi connectivity index (χ0v) is 24.4. The zero-order valence-electron chi connectivity index (χ0n) is 24.4. The summed E-state index contributed by atoms with van der Waals surface area (Å²) in [5, 5.41) is 2.82. The van der Waals surface area contributed by atoms with E-state index in [2.05, 4.69) is 24.2 Å². The van der Waals surface area contributed by atoms with Crippen LogP contribution in [0.2, 0.25) is 0 Å². The molecule has 2 rings (SSSR count). The van der Waals surface area contributed by atoms with Crippen LogP contribution < -0.4 is 5.32 Å². The predicted octanol–water partition coefficient (Wildman–Crippen LogP) is 6.92. The van der Waals surface area contributed by atoms with Gasteiger partial charge in [0.1, 0.15) is 6.23 Å². The smallest absolute Gasteiger partial charge is 0.254 e. The minimum atomic E-state index is -0.318. The Balaban J connectivity index is 1.57. The molecule has 1 fully saturated rings. The van der Waals surface area contributed by atoms with Gasteiger partial charge in [0.25, 0.3) is 5.91 Å². The molecule has 1 aromatic carbocycles. The quantitative estimate of drug-likeness (QED) is 0.101. The highest BCUT2D eigenvalue weighted by Crippen LogP contribution is 2.17. The standard InChI is InChI=1S/C32H55N3O3/c1-3-4-5-6-7-8-9-10-11-12-13-14-15-16-17-22-31(33-28-36)38-27-29-20-18-19-21-30(29)32(37)35-25-23-34(2)24-26-35/h18-21,28,31H,3-17,22-27H2,1-2H3,(H,33,36). The lowest BCUT2D eigenvalue weighted by Gasteiger charge is -2.33. The average Bonchev–Trinajstić information content (AvgIpc) is 2.94. The van der Waals surface area contributed by atoms with Crippen molar-refractivity contribution in [2.75, 3.05) is 33.2 Å². The van der Waals surface area contributed by atoms with E-state index in [9.17, 15) is 9.59 Å². The van der Waals surface area contributed by atoms with Crippen molar-refractivity contribution in [3.8, 4) is 0 Å². The van der Waals surface area contributed by atoms with Crippen LogP contribution in [0.25, 0.3) is 0 Å². The molecule has 1 aromatic rings. The Morgan fingerprint density at radius 2 is 1.37 bits per heavy atom. The van der Waals surface area contributed by atoms with E-state index in [1.54, 1.807) is 0 Å². The zero-order chi connectivity index (χ0) is 27.3. The van der Waals surface area contributed by atoms with E-state index in [1.165, 1.54) is 83.5 Å².